The highest BCUT2D eigenvalue weighted by Crippen LogP contribution is 2.26. The van der Waals surface area contributed by atoms with Gasteiger partial charge in [0.15, 0.2) is 0 Å². The second kappa shape index (κ2) is 3.96. The molecule has 3 nitrogen and oxygen atoms in total. The van der Waals surface area contributed by atoms with Gasteiger partial charge in [-0.05, 0) is 30.9 Å². The zero-order valence-corrected chi connectivity index (χ0v) is 8.61. The average molecular weight is 191 g/mol. The summed E-state index contributed by atoms with van der Waals surface area (Å²) in [6.45, 7) is 3.16. The van der Waals surface area contributed by atoms with Crippen LogP contribution in [0.5, 0.6) is 0 Å². The minimum absolute atomic E-state index is 0.245. The largest absolute Gasteiger partial charge is 0.324 e. The van der Waals surface area contributed by atoms with E-state index in [2.05, 4.69) is 28.8 Å². The lowest BCUT2D eigenvalue weighted by Crippen LogP contribution is -2.11. The number of aromatic nitrogens is 2. The second-order valence-corrected chi connectivity index (χ2v) is 3.83. The van der Waals surface area contributed by atoms with Crippen molar-refractivity contribution < 1.29 is 0 Å². The molecule has 1 heterocycles. The van der Waals surface area contributed by atoms with Crippen molar-refractivity contribution in [2.75, 3.05) is 0 Å². The van der Waals surface area contributed by atoms with Gasteiger partial charge in [-0.1, -0.05) is 13.0 Å². The van der Waals surface area contributed by atoms with Gasteiger partial charge in [-0.15, -0.1) is 0 Å². The summed E-state index contributed by atoms with van der Waals surface area (Å²) < 4.78 is 2.07. The smallest absolute Gasteiger partial charge is 0.0639 e. The van der Waals surface area contributed by atoms with Crippen LogP contribution in [0.25, 0.3) is 5.57 Å². The third-order valence-electron chi connectivity index (χ3n) is 2.64. The molecule has 3 heteroatoms. The van der Waals surface area contributed by atoms with E-state index in [1.54, 1.807) is 0 Å². The number of hydrogen-bond acceptors (Lipinski definition) is 2. The first-order valence-corrected chi connectivity index (χ1v) is 5.29. The van der Waals surface area contributed by atoms with Gasteiger partial charge in [0.2, 0.25) is 0 Å². The highest BCUT2D eigenvalue weighted by atomic mass is 15.3. The van der Waals surface area contributed by atoms with Crippen molar-refractivity contribution in [3.05, 3.63) is 24.0 Å². The molecule has 0 bridgehead atoms. The van der Waals surface area contributed by atoms with E-state index in [1.165, 1.54) is 11.3 Å². The van der Waals surface area contributed by atoms with Gasteiger partial charge in [0.1, 0.15) is 0 Å². The fourth-order valence-corrected chi connectivity index (χ4v) is 1.96. The summed E-state index contributed by atoms with van der Waals surface area (Å²) in [5.74, 6) is 0. The van der Waals surface area contributed by atoms with E-state index < -0.39 is 0 Å². The number of allylic oxidation sites excluding steroid dienone is 1. The predicted octanol–water partition coefficient (Wildman–Crippen LogP) is 1.80. The quantitative estimate of drug-likeness (QED) is 0.791. The van der Waals surface area contributed by atoms with Crippen LogP contribution >= 0.6 is 0 Å². The van der Waals surface area contributed by atoms with Gasteiger partial charge >= 0.3 is 0 Å². The second-order valence-electron chi connectivity index (χ2n) is 3.83. The van der Waals surface area contributed by atoms with E-state index in [0.717, 1.165) is 25.8 Å². The molecule has 0 amide bonds. The van der Waals surface area contributed by atoms with Crippen LogP contribution in [-0.2, 0) is 6.54 Å². The molecule has 0 aliphatic heterocycles. The normalized spacial score (nSPS) is 21.3. The summed E-state index contributed by atoms with van der Waals surface area (Å²) in [7, 11) is 0. The van der Waals surface area contributed by atoms with Crippen molar-refractivity contribution in [2.45, 2.75) is 38.8 Å². The highest BCUT2D eigenvalue weighted by molar-refractivity contribution is 5.65. The number of aryl methyl sites for hydroxylation is 1. The summed E-state index contributed by atoms with van der Waals surface area (Å²) in [6, 6.07) is 2.33. The van der Waals surface area contributed by atoms with Crippen LogP contribution in [0.1, 0.15) is 31.9 Å². The molecule has 76 valence electrons. The summed E-state index contributed by atoms with van der Waals surface area (Å²) >= 11 is 0. The van der Waals surface area contributed by atoms with E-state index in [0.29, 0.717) is 0 Å². The molecule has 1 aromatic heterocycles. The molecule has 0 saturated carbocycles. The van der Waals surface area contributed by atoms with Crippen molar-refractivity contribution in [3.8, 4) is 0 Å². The maximum absolute atomic E-state index is 5.85. The monoisotopic (exact) mass is 191 g/mol. The lowest BCUT2D eigenvalue weighted by molar-refractivity contribution is 0.595. The Morgan fingerprint density at radius 3 is 3.14 bits per heavy atom. The van der Waals surface area contributed by atoms with Crippen LogP contribution in [0.4, 0.5) is 0 Å². The Morgan fingerprint density at radius 1 is 1.64 bits per heavy atom. The Kier molecular flexibility index (Phi) is 2.68. The van der Waals surface area contributed by atoms with E-state index in [-0.39, 0.29) is 6.04 Å². The maximum Gasteiger partial charge on any atom is 0.0639 e. The van der Waals surface area contributed by atoms with Crippen molar-refractivity contribution >= 4 is 5.57 Å². The highest BCUT2D eigenvalue weighted by Gasteiger charge is 2.15. The zero-order valence-electron chi connectivity index (χ0n) is 8.61. The predicted molar refractivity (Wildman–Crippen MR) is 57.7 cm³/mol. The number of nitrogens with two attached hydrogens (primary N) is 1. The molecule has 0 saturated heterocycles. The minimum atomic E-state index is 0.245. The van der Waals surface area contributed by atoms with Gasteiger partial charge in [0.25, 0.3) is 0 Å². The Hall–Kier alpha value is -1.09. The fourth-order valence-electron chi connectivity index (χ4n) is 1.96. The Labute approximate surface area is 84.6 Å². The van der Waals surface area contributed by atoms with Gasteiger partial charge < -0.3 is 5.73 Å². The Balaban J connectivity index is 2.23. The van der Waals surface area contributed by atoms with Crippen LogP contribution in [0, 0.1) is 0 Å². The van der Waals surface area contributed by atoms with Crippen LogP contribution in [-0.4, -0.2) is 15.8 Å². The molecule has 0 spiro atoms. The summed E-state index contributed by atoms with van der Waals surface area (Å²) in [5.41, 5.74) is 8.46. The fraction of sp³-hybridized carbons (Fsp3) is 0.545. The van der Waals surface area contributed by atoms with Gasteiger partial charge in [-0.2, -0.15) is 5.10 Å². The molecule has 2 N–H and O–H groups in total. The van der Waals surface area contributed by atoms with Gasteiger partial charge in [0, 0.05) is 18.8 Å². The van der Waals surface area contributed by atoms with Gasteiger partial charge in [0.05, 0.1) is 5.69 Å². The molecule has 14 heavy (non-hydrogen) atoms. The molecule has 0 radical (unpaired) electrons. The van der Waals surface area contributed by atoms with Crippen LogP contribution in [0.2, 0.25) is 0 Å². The molecule has 1 aliphatic rings. The Bertz CT molecular complexity index is 338. The molecule has 1 atom stereocenters. The summed E-state index contributed by atoms with van der Waals surface area (Å²) in [5, 5.41) is 4.31. The van der Waals surface area contributed by atoms with E-state index in [4.69, 9.17) is 5.73 Å². The van der Waals surface area contributed by atoms with Crippen molar-refractivity contribution in [3.63, 3.8) is 0 Å². The zero-order chi connectivity index (χ0) is 9.97. The number of hydrogen-bond donors (Lipinski definition) is 1. The lowest BCUT2D eigenvalue weighted by Gasteiger charge is -2.05. The first kappa shape index (κ1) is 9.46. The third kappa shape index (κ3) is 1.73. The van der Waals surface area contributed by atoms with Crippen LogP contribution in [0.15, 0.2) is 18.3 Å². The SMILES string of the molecule is CCCn1nccc1C1=CC(N)CC1. The summed E-state index contributed by atoms with van der Waals surface area (Å²) in [6.07, 6.45) is 7.33. The average Bonchev–Trinajstić information content (AvgIpc) is 2.74. The molecule has 1 unspecified atom stereocenters. The molecule has 2 rings (SSSR count). The van der Waals surface area contributed by atoms with E-state index in [9.17, 15) is 0 Å². The van der Waals surface area contributed by atoms with Crippen molar-refractivity contribution in [1.29, 1.82) is 0 Å². The Morgan fingerprint density at radius 2 is 2.50 bits per heavy atom. The van der Waals surface area contributed by atoms with Crippen LogP contribution < -0.4 is 5.73 Å². The molecular formula is C11H17N3. The lowest BCUT2D eigenvalue weighted by atomic mass is 10.1. The topological polar surface area (TPSA) is 43.8 Å². The van der Waals surface area contributed by atoms with Crippen LogP contribution in [0.3, 0.4) is 0 Å². The van der Waals surface area contributed by atoms with Crippen molar-refractivity contribution in [2.24, 2.45) is 5.73 Å². The molecule has 1 aliphatic carbocycles. The molecule has 0 aromatic carbocycles. The van der Waals surface area contributed by atoms with E-state index in [1.807, 2.05) is 6.20 Å². The van der Waals surface area contributed by atoms with Crippen molar-refractivity contribution in [1.82, 2.24) is 9.78 Å². The van der Waals surface area contributed by atoms with Gasteiger partial charge in [-0.25, -0.2) is 0 Å². The molecule has 0 fully saturated rings. The molecular weight excluding hydrogens is 174 g/mol. The van der Waals surface area contributed by atoms with E-state index >= 15 is 0 Å². The van der Waals surface area contributed by atoms with Gasteiger partial charge in [-0.3, -0.25) is 4.68 Å². The maximum atomic E-state index is 5.85. The number of rotatable bonds is 3. The number of nitrogens with zero attached hydrogens (tertiary/aromatic N) is 2. The summed E-state index contributed by atoms with van der Waals surface area (Å²) in [4.78, 5) is 0. The molecule has 1 aromatic rings. The first-order chi connectivity index (χ1) is 6.81. The first-order valence-electron chi connectivity index (χ1n) is 5.29. The minimum Gasteiger partial charge on any atom is -0.324 e. The third-order valence-corrected chi connectivity index (χ3v) is 2.64. The standard InChI is InChI=1S/C11H17N3/c1-2-7-14-11(5-6-13-14)9-3-4-10(12)8-9/h5-6,8,10H,2-4,7,12H2,1H3.